The van der Waals surface area contributed by atoms with Crippen LogP contribution in [-0.2, 0) is 16.1 Å². The maximum Gasteiger partial charge on any atom is 0.242 e. The molecule has 0 fully saturated rings. The van der Waals surface area contributed by atoms with Gasteiger partial charge < -0.3 is 10.2 Å². The van der Waals surface area contributed by atoms with Crippen LogP contribution < -0.4 is 5.32 Å². The van der Waals surface area contributed by atoms with Crippen molar-refractivity contribution in [2.45, 2.75) is 12.5 Å². The highest BCUT2D eigenvalue weighted by Crippen LogP contribution is 2.24. The molecule has 0 aliphatic carbocycles. The molecule has 4 heteroatoms. The molecule has 0 atom stereocenters. The van der Waals surface area contributed by atoms with Crippen LogP contribution in [0.1, 0.15) is 22.6 Å². The van der Waals surface area contributed by atoms with Gasteiger partial charge in [0.1, 0.15) is 0 Å². The third-order valence-corrected chi connectivity index (χ3v) is 4.63. The van der Waals surface area contributed by atoms with Gasteiger partial charge in [-0.25, -0.2) is 0 Å². The minimum atomic E-state index is -0.449. The molecule has 0 aliphatic rings. The van der Waals surface area contributed by atoms with Crippen molar-refractivity contribution in [3.05, 3.63) is 108 Å². The van der Waals surface area contributed by atoms with E-state index in [1.165, 1.54) is 0 Å². The predicted molar refractivity (Wildman–Crippen MR) is 111 cm³/mol. The molecule has 0 unspecified atom stereocenters. The van der Waals surface area contributed by atoms with Gasteiger partial charge in [0.25, 0.3) is 0 Å². The largest absolute Gasteiger partial charge is 0.346 e. The lowest BCUT2D eigenvalue weighted by Gasteiger charge is -2.20. The Labute approximate surface area is 165 Å². The predicted octanol–water partition coefficient (Wildman–Crippen LogP) is 3.59. The topological polar surface area (TPSA) is 49.4 Å². The van der Waals surface area contributed by atoms with Gasteiger partial charge in [0.05, 0.1) is 12.5 Å². The van der Waals surface area contributed by atoms with Gasteiger partial charge in [0, 0.05) is 13.6 Å². The first-order chi connectivity index (χ1) is 13.6. The summed E-state index contributed by atoms with van der Waals surface area (Å²) in [5, 5.41) is 2.82. The molecule has 2 amide bonds. The first-order valence-electron chi connectivity index (χ1n) is 9.30. The van der Waals surface area contributed by atoms with Gasteiger partial charge in [0.2, 0.25) is 11.8 Å². The molecule has 0 bridgehead atoms. The van der Waals surface area contributed by atoms with Gasteiger partial charge in [-0.15, -0.1) is 0 Å². The maximum atomic E-state index is 12.9. The zero-order chi connectivity index (χ0) is 19.8. The van der Waals surface area contributed by atoms with Crippen LogP contribution in [0.3, 0.4) is 0 Å². The Bertz CT molecular complexity index is 856. The zero-order valence-corrected chi connectivity index (χ0v) is 15.9. The van der Waals surface area contributed by atoms with Gasteiger partial charge in [-0.1, -0.05) is 91.0 Å². The summed E-state index contributed by atoms with van der Waals surface area (Å²) in [6.45, 7) is 0.481. The average molecular weight is 372 g/mol. The molecule has 0 aromatic heterocycles. The molecule has 4 nitrogen and oxygen atoms in total. The Kier molecular flexibility index (Phi) is 6.58. The molecular formula is C24H24N2O2. The van der Waals surface area contributed by atoms with Crippen molar-refractivity contribution in [3.8, 4) is 0 Å². The number of hydrogen-bond donors (Lipinski definition) is 1. The number of carbonyl (C=O) groups is 2. The van der Waals surface area contributed by atoms with E-state index < -0.39 is 5.92 Å². The van der Waals surface area contributed by atoms with E-state index in [9.17, 15) is 9.59 Å². The molecule has 0 radical (unpaired) electrons. The second-order valence-corrected chi connectivity index (χ2v) is 6.71. The summed E-state index contributed by atoms with van der Waals surface area (Å²) in [4.78, 5) is 27.0. The lowest BCUT2D eigenvalue weighted by atomic mass is 9.90. The van der Waals surface area contributed by atoms with Gasteiger partial charge in [-0.05, 0) is 16.7 Å². The summed E-state index contributed by atoms with van der Waals surface area (Å²) >= 11 is 0. The number of amides is 2. The van der Waals surface area contributed by atoms with Crippen molar-refractivity contribution in [1.82, 2.24) is 10.2 Å². The number of hydrogen-bond acceptors (Lipinski definition) is 2. The van der Waals surface area contributed by atoms with Crippen LogP contribution in [0.4, 0.5) is 0 Å². The van der Waals surface area contributed by atoms with E-state index in [2.05, 4.69) is 5.32 Å². The smallest absolute Gasteiger partial charge is 0.242 e. The van der Waals surface area contributed by atoms with Crippen molar-refractivity contribution in [3.63, 3.8) is 0 Å². The number of nitrogens with zero attached hydrogens (tertiary/aromatic N) is 1. The molecule has 28 heavy (non-hydrogen) atoms. The number of rotatable bonds is 7. The van der Waals surface area contributed by atoms with Crippen LogP contribution in [0.2, 0.25) is 0 Å². The van der Waals surface area contributed by atoms with Crippen molar-refractivity contribution in [1.29, 1.82) is 0 Å². The van der Waals surface area contributed by atoms with Crippen LogP contribution in [0.25, 0.3) is 0 Å². The van der Waals surface area contributed by atoms with E-state index in [4.69, 9.17) is 0 Å². The molecule has 3 rings (SSSR count). The van der Waals surface area contributed by atoms with E-state index >= 15 is 0 Å². The first kappa shape index (κ1) is 19.4. The zero-order valence-electron chi connectivity index (χ0n) is 15.9. The SMILES string of the molecule is CN(Cc1ccccc1)C(=O)CNC(=O)C(c1ccccc1)c1ccccc1. The van der Waals surface area contributed by atoms with Crippen LogP contribution in [0, 0.1) is 0 Å². The Morgan fingerprint density at radius 3 is 1.75 bits per heavy atom. The highest BCUT2D eigenvalue weighted by atomic mass is 16.2. The summed E-state index contributed by atoms with van der Waals surface area (Å²) in [7, 11) is 1.74. The molecule has 0 heterocycles. The average Bonchev–Trinajstić information content (AvgIpc) is 2.74. The molecule has 3 aromatic carbocycles. The fourth-order valence-corrected chi connectivity index (χ4v) is 3.13. The number of benzene rings is 3. The second kappa shape index (κ2) is 9.51. The van der Waals surface area contributed by atoms with Crippen molar-refractivity contribution >= 4 is 11.8 Å². The molecule has 142 valence electrons. The standard InChI is InChI=1S/C24H24N2O2/c1-26(18-19-11-5-2-6-12-19)22(27)17-25-24(28)23(20-13-7-3-8-14-20)21-15-9-4-10-16-21/h2-16,23H,17-18H2,1H3,(H,25,28). The Balaban J connectivity index is 1.66. The summed E-state index contributed by atoms with van der Waals surface area (Å²) in [6.07, 6.45) is 0. The van der Waals surface area contributed by atoms with E-state index in [0.717, 1.165) is 16.7 Å². The van der Waals surface area contributed by atoms with E-state index in [-0.39, 0.29) is 18.4 Å². The van der Waals surface area contributed by atoms with Crippen molar-refractivity contribution in [2.24, 2.45) is 0 Å². The minimum Gasteiger partial charge on any atom is -0.346 e. The van der Waals surface area contributed by atoms with Gasteiger partial charge >= 0.3 is 0 Å². The van der Waals surface area contributed by atoms with E-state index in [1.807, 2.05) is 91.0 Å². The number of likely N-dealkylation sites (N-methyl/N-ethyl adjacent to an activating group) is 1. The quantitative estimate of drug-likeness (QED) is 0.689. The van der Waals surface area contributed by atoms with Crippen LogP contribution in [0.5, 0.6) is 0 Å². The monoisotopic (exact) mass is 372 g/mol. The summed E-state index contributed by atoms with van der Waals surface area (Å²) in [5.74, 6) is -0.759. The fraction of sp³-hybridized carbons (Fsp3) is 0.167. The molecule has 3 aromatic rings. The fourth-order valence-electron chi connectivity index (χ4n) is 3.13. The van der Waals surface area contributed by atoms with Crippen molar-refractivity contribution < 1.29 is 9.59 Å². The Morgan fingerprint density at radius 1 is 0.786 bits per heavy atom. The van der Waals surface area contributed by atoms with E-state index in [1.54, 1.807) is 11.9 Å². The first-order valence-corrected chi connectivity index (χ1v) is 9.30. The van der Waals surface area contributed by atoms with Gasteiger partial charge in [-0.3, -0.25) is 9.59 Å². The van der Waals surface area contributed by atoms with Gasteiger partial charge in [0.15, 0.2) is 0 Å². The normalized spacial score (nSPS) is 10.5. The van der Waals surface area contributed by atoms with Crippen molar-refractivity contribution in [2.75, 3.05) is 13.6 Å². The lowest BCUT2D eigenvalue weighted by molar-refractivity contribution is -0.132. The highest BCUT2D eigenvalue weighted by Gasteiger charge is 2.23. The van der Waals surface area contributed by atoms with Crippen LogP contribution >= 0.6 is 0 Å². The molecule has 0 spiro atoms. The maximum absolute atomic E-state index is 12.9. The second-order valence-electron chi connectivity index (χ2n) is 6.71. The molecule has 0 saturated heterocycles. The molecule has 1 N–H and O–H groups in total. The summed E-state index contributed by atoms with van der Waals surface area (Å²) < 4.78 is 0. The molecule has 0 aliphatic heterocycles. The summed E-state index contributed by atoms with van der Waals surface area (Å²) in [5.41, 5.74) is 2.85. The Hall–Kier alpha value is -3.40. The van der Waals surface area contributed by atoms with Crippen LogP contribution in [0.15, 0.2) is 91.0 Å². The Morgan fingerprint density at radius 2 is 1.25 bits per heavy atom. The highest BCUT2D eigenvalue weighted by molar-refractivity contribution is 5.90. The van der Waals surface area contributed by atoms with Crippen LogP contribution in [-0.4, -0.2) is 30.3 Å². The number of carbonyl (C=O) groups excluding carboxylic acids is 2. The van der Waals surface area contributed by atoms with Gasteiger partial charge in [-0.2, -0.15) is 0 Å². The molecular weight excluding hydrogens is 348 g/mol. The third kappa shape index (κ3) is 5.07. The molecule has 0 saturated carbocycles. The number of nitrogens with one attached hydrogen (secondary N) is 1. The lowest BCUT2D eigenvalue weighted by Crippen LogP contribution is -2.39. The minimum absolute atomic E-state index is 0.0294. The third-order valence-electron chi connectivity index (χ3n) is 4.63. The van der Waals surface area contributed by atoms with E-state index in [0.29, 0.717) is 6.54 Å². The summed E-state index contributed by atoms with van der Waals surface area (Å²) in [6, 6.07) is 29.0.